The zero-order valence-corrected chi connectivity index (χ0v) is 31.4. The van der Waals surface area contributed by atoms with Gasteiger partial charge in [0.2, 0.25) is 0 Å². The smallest absolute Gasteiger partial charge is 0.142 e. The second kappa shape index (κ2) is 17.5. The third-order valence-corrected chi connectivity index (χ3v) is 11.0. The van der Waals surface area contributed by atoms with Crippen LogP contribution in [0.3, 0.4) is 0 Å². The number of rotatable bonds is 14. The number of H-pyrrole nitrogens is 1. The number of ether oxygens (including phenoxy) is 3. The van der Waals surface area contributed by atoms with E-state index in [0.29, 0.717) is 52.8 Å². The summed E-state index contributed by atoms with van der Waals surface area (Å²) in [5.74, 6) is 1.86. The lowest BCUT2D eigenvalue weighted by Gasteiger charge is -2.34. The van der Waals surface area contributed by atoms with E-state index in [-0.39, 0.29) is 12.7 Å². The monoisotopic (exact) mass is 750 g/mol. The van der Waals surface area contributed by atoms with E-state index in [0.717, 1.165) is 57.5 Å². The molecule has 53 heavy (non-hydrogen) atoms. The summed E-state index contributed by atoms with van der Waals surface area (Å²) in [5, 5.41) is 20.7. The molecule has 0 amide bonds. The number of pyridine rings is 1. The highest BCUT2D eigenvalue weighted by Gasteiger charge is 2.29. The number of nitriles is 1. The summed E-state index contributed by atoms with van der Waals surface area (Å²) in [6, 6.07) is 20.5. The molecule has 3 heterocycles. The number of aromatic amines is 1. The van der Waals surface area contributed by atoms with E-state index < -0.39 is 0 Å². The summed E-state index contributed by atoms with van der Waals surface area (Å²) in [6.07, 6.45) is 14.1. The molecule has 2 aliphatic rings. The second-order valence-corrected chi connectivity index (χ2v) is 14.7. The summed E-state index contributed by atoms with van der Waals surface area (Å²) in [7, 11) is 0. The standard InChI is InChI=1S/C42H44Cl2N6O3/c1-28-32(6-4-7-36(28)37-8-5-9-39(42(37)44)53-35-12-10-34(11-13-35)50-14-2-3-15-50)27-52-41-18-40(51-26-30-16-29(19-45)20-46-21-30)33(17-38(41)43)25-47-22-31-23-48-49-24-31/h4-9,16-18,20-21,23-24,34-35,47H,2-3,10-15,22,25-27H2,1H3,(H,48,49). The molecular formula is C42H44Cl2N6O3. The van der Waals surface area contributed by atoms with Gasteiger partial charge in [-0.2, -0.15) is 10.4 Å². The SMILES string of the molecule is Cc1c(COc2cc(OCc3cncc(C#N)c3)c(CNCc3cn[nH]c3)cc2Cl)cccc1-c1cccc(OC2CCC(N3CCCC3)CC2)c1Cl. The van der Waals surface area contributed by atoms with E-state index in [2.05, 4.69) is 50.5 Å². The van der Waals surface area contributed by atoms with E-state index in [1.54, 1.807) is 18.5 Å². The van der Waals surface area contributed by atoms with Crippen LogP contribution in [-0.2, 0) is 26.3 Å². The zero-order valence-electron chi connectivity index (χ0n) is 29.9. The highest BCUT2D eigenvalue weighted by atomic mass is 35.5. The van der Waals surface area contributed by atoms with Crippen LogP contribution in [0.4, 0.5) is 0 Å². The number of nitrogens with one attached hydrogen (secondary N) is 2. The fraction of sp³-hybridized carbons (Fsp3) is 0.357. The van der Waals surface area contributed by atoms with E-state index in [4.69, 9.17) is 37.4 Å². The van der Waals surface area contributed by atoms with Crippen LogP contribution in [0.1, 0.15) is 71.9 Å². The minimum absolute atomic E-state index is 0.180. The van der Waals surface area contributed by atoms with Crippen molar-refractivity contribution in [1.29, 1.82) is 5.26 Å². The summed E-state index contributed by atoms with van der Waals surface area (Å²) in [4.78, 5) is 6.83. The molecule has 0 unspecified atom stereocenters. The largest absolute Gasteiger partial charge is 0.489 e. The molecule has 11 heteroatoms. The van der Waals surface area contributed by atoms with Crippen LogP contribution in [0, 0.1) is 18.3 Å². The Kier molecular flexibility index (Phi) is 12.1. The maximum atomic E-state index is 9.32. The molecule has 3 aromatic carbocycles. The van der Waals surface area contributed by atoms with Crippen LogP contribution in [0.2, 0.25) is 10.0 Å². The predicted octanol–water partition coefficient (Wildman–Crippen LogP) is 9.19. The Morgan fingerprint density at radius 1 is 0.849 bits per heavy atom. The number of nitrogens with zero attached hydrogens (tertiary/aromatic N) is 4. The molecule has 2 aromatic heterocycles. The first kappa shape index (κ1) is 36.8. The molecule has 1 aliphatic heterocycles. The molecule has 7 rings (SSSR count). The van der Waals surface area contributed by atoms with Crippen LogP contribution in [0.5, 0.6) is 17.2 Å². The van der Waals surface area contributed by atoms with Gasteiger partial charge < -0.3 is 24.4 Å². The molecule has 1 saturated carbocycles. The van der Waals surface area contributed by atoms with Crippen molar-refractivity contribution in [2.75, 3.05) is 13.1 Å². The number of aromatic nitrogens is 3. The van der Waals surface area contributed by atoms with Gasteiger partial charge in [0.15, 0.2) is 0 Å². The lowest BCUT2D eigenvalue weighted by molar-refractivity contribution is 0.100. The fourth-order valence-electron chi connectivity index (χ4n) is 7.38. The first-order valence-corrected chi connectivity index (χ1v) is 19.1. The highest BCUT2D eigenvalue weighted by molar-refractivity contribution is 6.35. The maximum Gasteiger partial charge on any atom is 0.142 e. The normalized spacial score (nSPS) is 17.4. The Labute approximate surface area is 321 Å². The number of benzene rings is 3. The molecule has 274 valence electrons. The van der Waals surface area contributed by atoms with Gasteiger partial charge in [0.05, 0.1) is 27.9 Å². The molecule has 0 atom stereocenters. The van der Waals surface area contributed by atoms with Gasteiger partial charge in [-0.1, -0.05) is 53.5 Å². The molecule has 0 spiro atoms. The van der Waals surface area contributed by atoms with E-state index in [1.165, 1.54) is 45.0 Å². The highest BCUT2D eigenvalue weighted by Crippen LogP contribution is 2.40. The van der Waals surface area contributed by atoms with Crippen molar-refractivity contribution in [2.45, 2.75) is 83.9 Å². The number of hydrogen-bond acceptors (Lipinski definition) is 8. The first-order valence-electron chi connectivity index (χ1n) is 18.3. The maximum absolute atomic E-state index is 9.32. The zero-order chi connectivity index (χ0) is 36.6. The van der Waals surface area contributed by atoms with Gasteiger partial charge >= 0.3 is 0 Å². The van der Waals surface area contributed by atoms with Gasteiger partial charge in [-0.3, -0.25) is 10.1 Å². The van der Waals surface area contributed by atoms with Crippen molar-refractivity contribution in [3.05, 3.63) is 123 Å². The minimum atomic E-state index is 0.180. The third kappa shape index (κ3) is 9.14. The predicted molar refractivity (Wildman–Crippen MR) is 207 cm³/mol. The van der Waals surface area contributed by atoms with Crippen LogP contribution >= 0.6 is 23.2 Å². The van der Waals surface area contributed by atoms with Gasteiger partial charge in [-0.25, -0.2) is 0 Å². The summed E-state index contributed by atoms with van der Waals surface area (Å²) in [5.41, 5.74) is 7.19. The third-order valence-electron chi connectivity index (χ3n) is 10.3. The van der Waals surface area contributed by atoms with Crippen molar-refractivity contribution < 1.29 is 14.2 Å². The number of likely N-dealkylation sites (tertiary alicyclic amines) is 1. The lowest BCUT2D eigenvalue weighted by atomic mass is 9.92. The summed E-state index contributed by atoms with van der Waals surface area (Å²) in [6.45, 7) is 6.21. The average Bonchev–Trinajstić information content (AvgIpc) is 3.92. The van der Waals surface area contributed by atoms with Crippen LogP contribution in [0.15, 0.2) is 79.4 Å². The van der Waals surface area contributed by atoms with Crippen LogP contribution in [-0.4, -0.2) is 45.3 Å². The summed E-state index contributed by atoms with van der Waals surface area (Å²) >= 11 is 13.9. The minimum Gasteiger partial charge on any atom is -0.489 e. The molecule has 2 fully saturated rings. The van der Waals surface area contributed by atoms with Gasteiger partial charge in [0, 0.05) is 66.0 Å². The van der Waals surface area contributed by atoms with Gasteiger partial charge in [0.25, 0.3) is 0 Å². The van der Waals surface area contributed by atoms with E-state index in [9.17, 15) is 5.26 Å². The van der Waals surface area contributed by atoms with Crippen molar-refractivity contribution in [2.24, 2.45) is 0 Å². The quantitative estimate of drug-likeness (QED) is 0.116. The molecule has 1 saturated heterocycles. The molecule has 9 nitrogen and oxygen atoms in total. The van der Waals surface area contributed by atoms with Gasteiger partial charge in [-0.15, -0.1) is 0 Å². The first-order chi connectivity index (χ1) is 25.9. The topological polar surface area (TPSA) is 108 Å². The summed E-state index contributed by atoms with van der Waals surface area (Å²) < 4.78 is 19.2. The molecule has 0 bridgehead atoms. The number of halogens is 2. The van der Waals surface area contributed by atoms with Crippen molar-refractivity contribution in [1.82, 2.24) is 25.4 Å². The molecule has 2 N–H and O–H groups in total. The van der Waals surface area contributed by atoms with Crippen molar-refractivity contribution in [3.63, 3.8) is 0 Å². The van der Waals surface area contributed by atoms with Gasteiger partial charge in [0.1, 0.15) is 36.5 Å². The van der Waals surface area contributed by atoms with E-state index >= 15 is 0 Å². The second-order valence-electron chi connectivity index (χ2n) is 13.9. The molecule has 5 aromatic rings. The molecule has 0 radical (unpaired) electrons. The Hall–Kier alpha value is -4.59. The fourth-order valence-corrected chi connectivity index (χ4v) is 7.89. The number of hydrogen-bond donors (Lipinski definition) is 2. The van der Waals surface area contributed by atoms with Crippen LogP contribution in [0.25, 0.3) is 11.1 Å². The Morgan fingerprint density at radius 2 is 1.64 bits per heavy atom. The Bertz CT molecular complexity index is 2040. The molecular weight excluding hydrogens is 707 g/mol. The average molecular weight is 752 g/mol. The van der Waals surface area contributed by atoms with Crippen molar-refractivity contribution >= 4 is 23.2 Å². The van der Waals surface area contributed by atoms with Crippen LogP contribution < -0.4 is 19.5 Å². The van der Waals surface area contributed by atoms with E-state index in [1.807, 2.05) is 42.6 Å². The molecule has 1 aliphatic carbocycles. The Morgan fingerprint density at radius 3 is 2.43 bits per heavy atom. The lowest BCUT2D eigenvalue weighted by Crippen LogP contribution is -2.38. The Balaban J connectivity index is 1.05. The van der Waals surface area contributed by atoms with Gasteiger partial charge in [-0.05, 0) is 93.4 Å². The van der Waals surface area contributed by atoms with Crippen molar-refractivity contribution in [3.8, 4) is 34.4 Å².